The molecule has 1 aliphatic heterocycles. The Hall–Kier alpha value is -1.13. The summed E-state index contributed by atoms with van der Waals surface area (Å²) in [5, 5.41) is 9.99. The minimum absolute atomic E-state index is 0.191. The Balaban J connectivity index is 2.18. The molecule has 15 heavy (non-hydrogen) atoms. The Kier molecular flexibility index (Phi) is 1.78. The lowest BCUT2D eigenvalue weighted by Crippen LogP contribution is -2.18. The van der Waals surface area contributed by atoms with Crippen LogP contribution in [-0.4, -0.2) is 11.9 Å². The fraction of sp³-hybridized carbons (Fsp3) is 0.455. The van der Waals surface area contributed by atoms with Gasteiger partial charge in [-0.1, -0.05) is 0 Å². The Morgan fingerprint density at radius 3 is 2.87 bits per heavy atom. The molecule has 0 aromatic heterocycles. The molecule has 1 aromatic rings. The molecule has 0 radical (unpaired) electrons. The third kappa shape index (κ3) is 1.33. The van der Waals surface area contributed by atoms with Crippen LogP contribution >= 0.6 is 0 Å². The first-order chi connectivity index (χ1) is 7.21. The van der Waals surface area contributed by atoms with Crippen LogP contribution in [-0.2, 0) is 16.9 Å². The molecule has 0 bridgehead atoms. The first kappa shape index (κ1) is 9.12. The van der Waals surface area contributed by atoms with E-state index in [0.29, 0.717) is 36.3 Å². The standard InChI is InChI=1S/C11H11FO3/c12-8-1-2-9-7(5-14-6-15-9)10(8)11(13)3-4-11/h1-2,13H,3-6H2. The number of hydrogen-bond acceptors (Lipinski definition) is 3. The van der Waals surface area contributed by atoms with Gasteiger partial charge in [0.2, 0.25) is 0 Å². The maximum atomic E-state index is 13.6. The molecule has 0 atom stereocenters. The monoisotopic (exact) mass is 210 g/mol. The summed E-state index contributed by atoms with van der Waals surface area (Å²) in [4.78, 5) is 0. The summed E-state index contributed by atoms with van der Waals surface area (Å²) >= 11 is 0. The van der Waals surface area contributed by atoms with E-state index in [1.807, 2.05) is 0 Å². The van der Waals surface area contributed by atoms with Gasteiger partial charge in [-0.3, -0.25) is 0 Å². The van der Waals surface area contributed by atoms with Gasteiger partial charge in [-0.25, -0.2) is 4.39 Å². The summed E-state index contributed by atoms with van der Waals surface area (Å²) in [5.74, 6) is 0.251. The molecule has 1 N–H and O–H groups in total. The van der Waals surface area contributed by atoms with Crippen molar-refractivity contribution in [3.05, 3.63) is 29.1 Å². The van der Waals surface area contributed by atoms with Gasteiger partial charge in [-0.15, -0.1) is 0 Å². The minimum atomic E-state index is -0.987. The zero-order chi connectivity index (χ0) is 10.5. The minimum Gasteiger partial charge on any atom is -0.467 e. The van der Waals surface area contributed by atoms with Crippen LogP contribution in [0.1, 0.15) is 24.0 Å². The molecule has 4 heteroatoms. The van der Waals surface area contributed by atoms with Crippen LogP contribution < -0.4 is 4.74 Å². The molecule has 0 amide bonds. The summed E-state index contributed by atoms with van der Waals surface area (Å²) in [6.07, 6.45) is 1.22. The van der Waals surface area contributed by atoms with E-state index in [9.17, 15) is 9.50 Å². The molecular weight excluding hydrogens is 199 g/mol. The van der Waals surface area contributed by atoms with Gasteiger partial charge in [0.25, 0.3) is 0 Å². The molecule has 2 aliphatic rings. The molecule has 80 valence electrons. The fourth-order valence-corrected chi connectivity index (χ4v) is 2.00. The average Bonchev–Trinajstić information content (AvgIpc) is 2.97. The molecular formula is C11H11FO3. The SMILES string of the molecule is OC1(c2c(F)ccc3c2COCO3)CC1. The van der Waals surface area contributed by atoms with Crippen LogP contribution in [0.3, 0.4) is 0 Å². The third-order valence-electron chi connectivity index (χ3n) is 2.95. The van der Waals surface area contributed by atoms with E-state index in [1.165, 1.54) is 6.07 Å². The quantitative estimate of drug-likeness (QED) is 0.766. The predicted molar refractivity (Wildman–Crippen MR) is 49.8 cm³/mol. The van der Waals surface area contributed by atoms with Crippen molar-refractivity contribution in [2.24, 2.45) is 0 Å². The van der Waals surface area contributed by atoms with Gasteiger partial charge in [-0.2, -0.15) is 0 Å². The highest BCUT2D eigenvalue weighted by atomic mass is 19.1. The van der Waals surface area contributed by atoms with Crippen molar-refractivity contribution in [3.63, 3.8) is 0 Å². The average molecular weight is 210 g/mol. The molecule has 0 saturated heterocycles. The largest absolute Gasteiger partial charge is 0.467 e. The highest BCUT2D eigenvalue weighted by Crippen LogP contribution is 2.49. The van der Waals surface area contributed by atoms with Crippen molar-refractivity contribution in [2.45, 2.75) is 25.0 Å². The summed E-state index contributed by atoms with van der Waals surface area (Å²) in [5.41, 5.74) is 0.0281. The maximum Gasteiger partial charge on any atom is 0.189 e. The summed E-state index contributed by atoms with van der Waals surface area (Å²) in [6.45, 7) is 0.501. The van der Waals surface area contributed by atoms with E-state index < -0.39 is 5.60 Å². The third-order valence-corrected chi connectivity index (χ3v) is 2.95. The van der Waals surface area contributed by atoms with Gasteiger partial charge in [0.05, 0.1) is 12.2 Å². The second-order valence-electron chi connectivity index (χ2n) is 4.04. The summed E-state index contributed by atoms with van der Waals surface area (Å²) in [6, 6.07) is 2.93. The highest BCUT2D eigenvalue weighted by molar-refractivity contribution is 5.46. The number of hydrogen-bond donors (Lipinski definition) is 1. The molecule has 1 fully saturated rings. The molecule has 0 spiro atoms. The van der Waals surface area contributed by atoms with Gasteiger partial charge in [0, 0.05) is 11.1 Å². The van der Waals surface area contributed by atoms with Crippen molar-refractivity contribution in [2.75, 3.05) is 6.79 Å². The van der Waals surface area contributed by atoms with Crippen LogP contribution in [0.4, 0.5) is 4.39 Å². The van der Waals surface area contributed by atoms with Crippen molar-refractivity contribution >= 4 is 0 Å². The summed E-state index contributed by atoms with van der Waals surface area (Å²) < 4.78 is 24.0. The number of aliphatic hydroxyl groups is 1. The van der Waals surface area contributed by atoms with Gasteiger partial charge >= 0.3 is 0 Å². The van der Waals surface area contributed by atoms with Crippen LogP contribution in [0.2, 0.25) is 0 Å². The second kappa shape index (κ2) is 2.93. The topological polar surface area (TPSA) is 38.7 Å². The lowest BCUT2D eigenvalue weighted by molar-refractivity contribution is -0.0188. The first-order valence-corrected chi connectivity index (χ1v) is 4.95. The molecule has 0 unspecified atom stereocenters. The number of ether oxygens (including phenoxy) is 2. The van der Waals surface area contributed by atoms with Gasteiger partial charge in [0.1, 0.15) is 11.6 Å². The van der Waals surface area contributed by atoms with E-state index in [2.05, 4.69) is 0 Å². The molecule has 1 aliphatic carbocycles. The zero-order valence-corrected chi connectivity index (χ0v) is 8.12. The Morgan fingerprint density at radius 1 is 1.33 bits per heavy atom. The highest BCUT2D eigenvalue weighted by Gasteiger charge is 2.46. The fourth-order valence-electron chi connectivity index (χ4n) is 2.00. The second-order valence-corrected chi connectivity index (χ2v) is 4.04. The lowest BCUT2D eigenvalue weighted by Gasteiger charge is -2.23. The number of benzene rings is 1. The van der Waals surface area contributed by atoms with E-state index in [4.69, 9.17) is 9.47 Å². The molecule has 3 nitrogen and oxygen atoms in total. The van der Waals surface area contributed by atoms with Gasteiger partial charge in [-0.05, 0) is 25.0 Å². The molecule has 3 rings (SSSR count). The van der Waals surface area contributed by atoms with Gasteiger partial charge < -0.3 is 14.6 Å². The van der Waals surface area contributed by atoms with E-state index in [-0.39, 0.29) is 12.6 Å². The van der Waals surface area contributed by atoms with E-state index >= 15 is 0 Å². The number of fused-ring (bicyclic) bond motifs is 1. The number of halogens is 1. The summed E-state index contributed by atoms with van der Waals surface area (Å²) in [7, 11) is 0. The van der Waals surface area contributed by atoms with E-state index in [0.717, 1.165) is 0 Å². The molecule has 1 saturated carbocycles. The maximum absolute atomic E-state index is 13.6. The first-order valence-electron chi connectivity index (χ1n) is 4.95. The number of rotatable bonds is 1. The zero-order valence-electron chi connectivity index (χ0n) is 8.12. The Morgan fingerprint density at radius 2 is 2.13 bits per heavy atom. The van der Waals surface area contributed by atoms with Crippen LogP contribution in [0.15, 0.2) is 12.1 Å². The van der Waals surface area contributed by atoms with Crippen molar-refractivity contribution in [3.8, 4) is 5.75 Å². The Bertz CT molecular complexity index is 413. The molecule has 1 aromatic carbocycles. The van der Waals surface area contributed by atoms with Crippen molar-refractivity contribution in [1.29, 1.82) is 0 Å². The van der Waals surface area contributed by atoms with Crippen LogP contribution in [0.25, 0.3) is 0 Å². The normalized spacial score (nSPS) is 21.7. The Labute approximate surface area is 86.4 Å². The van der Waals surface area contributed by atoms with Crippen molar-refractivity contribution in [1.82, 2.24) is 0 Å². The lowest BCUT2D eigenvalue weighted by atomic mass is 9.99. The smallest absolute Gasteiger partial charge is 0.189 e. The van der Waals surface area contributed by atoms with Crippen LogP contribution in [0.5, 0.6) is 5.75 Å². The van der Waals surface area contributed by atoms with E-state index in [1.54, 1.807) is 6.07 Å². The van der Waals surface area contributed by atoms with Gasteiger partial charge in [0.15, 0.2) is 6.79 Å². The van der Waals surface area contributed by atoms with Crippen molar-refractivity contribution < 1.29 is 19.0 Å². The van der Waals surface area contributed by atoms with Crippen LogP contribution in [0, 0.1) is 5.82 Å². The predicted octanol–water partition coefficient (Wildman–Crippen LogP) is 1.67. The molecule has 1 heterocycles.